The summed E-state index contributed by atoms with van der Waals surface area (Å²) in [5, 5.41) is 3.21. The van der Waals surface area contributed by atoms with Crippen LogP contribution < -0.4 is 5.32 Å². The molecule has 1 N–H and O–H groups in total. The molecule has 3 nitrogen and oxygen atoms in total. The molecule has 29 heavy (non-hydrogen) atoms. The van der Waals surface area contributed by atoms with Crippen LogP contribution in [0.3, 0.4) is 0 Å². The molecule has 3 saturated carbocycles. The molecule has 1 aromatic heterocycles. The van der Waals surface area contributed by atoms with E-state index in [-0.39, 0.29) is 11.3 Å². The highest BCUT2D eigenvalue weighted by atomic mass is 16.1. The first-order valence-corrected chi connectivity index (χ1v) is 11.5. The predicted molar refractivity (Wildman–Crippen MR) is 117 cm³/mol. The molecule has 0 bridgehead atoms. The van der Waals surface area contributed by atoms with E-state index in [1.165, 1.54) is 49.7 Å². The second-order valence-corrected chi connectivity index (χ2v) is 10.5. The summed E-state index contributed by atoms with van der Waals surface area (Å²) >= 11 is 0. The molecular formula is C26H34N2O. The molecule has 1 amide bonds. The SMILES string of the molecule is CC(=O)NC1CCC2(C)C(CCC3C4=CC=C(c5cccnc5)C4(C)CCC32)C1. The first-order chi connectivity index (χ1) is 13.9. The number of aromatic nitrogens is 1. The van der Waals surface area contributed by atoms with Crippen molar-refractivity contribution in [1.29, 1.82) is 0 Å². The molecule has 0 radical (unpaired) electrons. The van der Waals surface area contributed by atoms with Gasteiger partial charge in [-0.15, -0.1) is 0 Å². The molecule has 3 fully saturated rings. The van der Waals surface area contributed by atoms with E-state index in [2.05, 4.69) is 48.4 Å². The average molecular weight is 391 g/mol. The van der Waals surface area contributed by atoms with Crippen LogP contribution in [0, 0.1) is 28.6 Å². The number of fused-ring (bicyclic) bond motifs is 5. The number of hydrogen-bond donors (Lipinski definition) is 1. The maximum absolute atomic E-state index is 11.6. The van der Waals surface area contributed by atoms with Crippen LogP contribution in [0.4, 0.5) is 0 Å². The van der Waals surface area contributed by atoms with Crippen LogP contribution in [0.5, 0.6) is 0 Å². The standard InChI is InChI=1S/C26H34N2O/c1-17(29)28-20-10-12-25(2)19(15-20)6-7-21-23-9-8-22(18-5-4-14-27-16-18)26(23,3)13-11-24(21)25/h4-5,8-9,14,16,19-21,24H,6-7,10-13,15H2,1-3H3,(H,28,29). The molecule has 5 rings (SSSR count). The number of nitrogens with one attached hydrogen (secondary N) is 1. The van der Waals surface area contributed by atoms with E-state index in [4.69, 9.17) is 0 Å². The monoisotopic (exact) mass is 390 g/mol. The quantitative estimate of drug-likeness (QED) is 0.720. The Balaban J connectivity index is 1.38. The zero-order chi connectivity index (χ0) is 20.2. The van der Waals surface area contributed by atoms with Crippen LogP contribution in [0.15, 0.2) is 42.3 Å². The van der Waals surface area contributed by atoms with Gasteiger partial charge in [-0.05, 0) is 85.3 Å². The fourth-order valence-corrected chi connectivity index (χ4v) is 7.61. The molecule has 1 aromatic rings. The number of pyridine rings is 1. The Morgan fingerprint density at radius 3 is 2.76 bits per heavy atom. The van der Waals surface area contributed by atoms with E-state index in [1.54, 1.807) is 12.5 Å². The minimum absolute atomic E-state index is 0.130. The van der Waals surface area contributed by atoms with E-state index in [0.29, 0.717) is 11.5 Å². The summed E-state index contributed by atoms with van der Waals surface area (Å²) in [4.78, 5) is 15.9. The number of carbonyl (C=O) groups excluding carboxylic acids is 1. The van der Waals surface area contributed by atoms with Crippen LogP contribution in [0.1, 0.15) is 71.3 Å². The fraction of sp³-hybridized carbons (Fsp3) is 0.615. The van der Waals surface area contributed by atoms with Crippen LogP contribution >= 0.6 is 0 Å². The highest BCUT2D eigenvalue weighted by Crippen LogP contribution is 2.66. The number of amides is 1. The van der Waals surface area contributed by atoms with Crippen molar-refractivity contribution >= 4 is 11.5 Å². The zero-order valence-corrected chi connectivity index (χ0v) is 18.1. The molecule has 4 aliphatic carbocycles. The minimum atomic E-state index is 0.130. The third-order valence-electron chi connectivity index (χ3n) is 9.09. The van der Waals surface area contributed by atoms with Crippen LogP contribution in [-0.2, 0) is 4.79 Å². The Kier molecular flexibility index (Phi) is 4.49. The van der Waals surface area contributed by atoms with Crippen molar-refractivity contribution in [3.05, 3.63) is 47.8 Å². The summed E-state index contributed by atoms with van der Waals surface area (Å²) in [5.74, 6) is 2.40. The van der Waals surface area contributed by atoms with Crippen LogP contribution in [-0.4, -0.2) is 16.9 Å². The number of allylic oxidation sites excluding steroid dienone is 4. The highest BCUT2D eigenvalue weighted by molar-refractivity contribution is 5.78. The molecule has 6 unspecified atom stereocenters. The average Bonchev–Trinajstić information content (AvgIpc) is 3.06. The van der Waals surface area contributed by atoms with E-state index in [9.17, 15) is 4.79 Å². The lowest BCUT2D eigenvalue weighted by Gasteiger charge is -2.59. The molecule has 154 valence electrons. The lowest BCUT2D eigenvalue weighted by molar-refractivity contribution is -0.121. The lowest BCUT2D eigenvalue weighted by atomic mass is 9.46. The van der Waals surface area contributed by atoms with Gasteiger partial charge in [0.2, 0.25) is 5.91 Å². The maximum atomic E-state index is 11.6. The molecule has 6 atom stereocenters. The first kappa shape index (κ1) is 19.1. The Morgan fingerprint density at radius 1 is 1.14 bits per heavy atom. The normalized spacial score (nSPS) is 40.8. The Bertz CT molecular complexity index is 872. The summed E-state index contributed by atoms with van der Waals surface area (Å²) in [5.41, 5.74) is 5.06. The topological polar surface area (TPSA) is 42.0 Å². The fourth-order valence-electron chi connectivity index (χ4n) is 7.61. The number of hydrogen-bond acceptors (Lipinski definition) is 2. The summed E-state index contributed by atoms with van der Waals surface area (Å²) in [6.45, 7) is 6.71. The number of nitrogens with zero attached hydrogens (tertiary/aromatic N) is 1. The van der Waals surface area contributed by atoms with Crippen molar-refractivity contribution in [3.8, 4) is 0 Å². The Labute approximate surface area is 175 Å². The van der Waals surface area contributed by atoms with Crippen LogP contribution in [0.2, 0.25) is 0 Å². The summed E-state index contributed by atoms with van der Waals surface area (Å²) in [7, 11) is 0. The van der Waals surface area contributed by atoms with Gasteiger partial charge in [-0.3, -0.25) is 9.78 Å². The van der Waals surface area contributed by atoms with Gasteiger partial charge >= 0.3 is 0 Å². The van der Waals surface area contributed by atoms with Gasteiger partial charge in [-0.2, -0.15) is 0 Å². The Hall–Kier alpha value is -1.90. The van der Waals surface area contributed by atoms with E-state index in [1.807, 2.05) is 12.4 Å². The summed E-state index contributed by atoms with van der Waals surface area (Å²) < 4.78 is 0. The molecule has 0 aliphatic heterocycles. The maximum Gasteiger partial charge on any atom is 0.217 e. The molecular weight excluding hydrogens is 356 g/mol. The summed E-state index contributed by atoms with van der Waals surface area (Å²) in [6, 6.07) is 4.66. The molecule has 0 spiro atoms. The second-order valence-electron chi connectivity index (χ2n) is 10.5. The van der Waals surface area contributed by atoms with Gasteiger partial charge in [-0.1, -0.05) is 37.6 Å². The van der Waals surface area contributed by atoms with Gasteiger partial charge < -0.3 is 5.32 Å². The van der Waals surface area contributed by atoms with Gasteiger partial charge in [0, 0.05) is 30.8 Å². The smallest absolute Gasteiger partial charge is 0.217 e. The van der Waals surface area contributed by atoms with Crippen molar-refractivity contribution in [2.75, 3.05) is 0 Å². The zero-order valence-electron chi connectivity index (χ0n) is 18.1. The first-order valence-electron chi connectivity index (χ1n) is 11.5. The van der Waals surface area contributed by atoms with Crippen molar-refractivity contribution in [1.82, 2.24) is 10.3 Å². The third-order valence-corrected chi connectivity index (χ3v) is 9.09. The van der Waals surface area contributed by atoms with Crippen molar-refractivity contribution in [3.63, 3.8) is 0 Å². The van der Waals surface area contributed by atoms with E-state index in [0.717, 1.165) is 24.2 Å². The second kappa shape index (κ2) is 6.82. The molecule has 0 saturated heterocycles. The van der Waals surface area contributed by atoms with E-state index < -0.39 is 0 Å². The highest BCUT2D eigenvalue weighted by Gasteiger charge is 2.56. The predicted octanol–water partition coefficient (Wildman–Crippen LogP) is 5.54. The van der Waals surface area contributed by atoms with Gasteiger partial charge in [-0.25, -0.2) is 0 Å². The van der Waals surface area contributed by atoms with Crippen molar-refractivity contribution in [2.24, 2.45) is 28.6 Å². The van der Waals surface area contributed by atoms with E-state index >= 15 is 0 Å². The van der Waals surface area contributed by atoms with Crippen molar-refractivity contribution < 1.29 is 4.79 Å². The number of rotatable bonds is 2. The molecule has 4 aliphatic rings. The van der Waals surface area contributed by atoms with Gasteiger partial charge in [0.05, 0.1) is 0 Å². The summed E-state index contributed by atoms with van der Waals surface area (Å²) in [6.07, 6.45) is 17.5. The largest absolute Gasteiger partial charge is 0.354 e. The lowest BCUT2D eigenvalue weighted by Crippen LogP contribution is -2.53. The van der Waals surface area contributed by atoms with Crippen LogP contribution in [0.25, 0.3) is 5.57 Å². The third kappa shape index (κ3) is 2.92. The Morgan fingerprint density at radius 2 is 2.00 bits per heavy atom. The minimum Gasteiger partial charge on any atom is -0.354 e. The van der Waals surface area contributed by atoms with Gasteiger partial charge in [0.15, 0.2) is 0 Å². The number of carbonyl (C=O) groups is 1. The van der Waals surface area contributed by atoms with Gasteiger partial charge in [0.25, 0.3) is 0 Å². The molecule has 1 heterocycles. The van der Waals surface area contributed by atoms with Gasteiger partial charge in [0.1, 0.15) is 0 Å². The van der Waals surface area contributed by atoms with Crippen molar-refractivity contribution in [2.45, 2.75) is 71.8 Å². The molecule has 0 aromatic carbocycles. The molecule has 3 heteroatoms.